The number of hydrogen-bond acceptors (Lipinski definition) is 3. The van der Waals surface area contributed by atoms with Crippen molar-refractivity contribution in [2.75, 3.05) is 11.9 Å². The van der Waals surface area contributed by atoms with Crippen LogP contribution in [0.4, 0.5) is 5.69 Å². The molecule has 0 atom stereocenters. The first-order chi connectivity index (χ1) is 10.6. The molecule has 5 heteroatoms. The van der Waals surface area contributed by atoms with Crippen molar-refractivity contribution in [3.63, 3.8) is 0 Å². The highest BCUT2D eigenvalue weighted by atomic mass is 16.3. The number of amides is 2. The molecule has 0 fully saturated rings. The molecule has 116 valence electrons. The zero-order valence-corrected chi connectivity index (χ0v) is 12.8. The van der Waals surface area contributed by atoms with Gasteiger partial charge in [-0.05, 0) is 48.7 Å². The number of anilines is 1. The zero-order valence-electron chi connectivity index (χ0n) is 12.8. The SMILES string of the molecule is CC(C)CCNC(=O)c1ccc(NC(=O)c2ccco2)cc1. The first-order valence-corrected chi connectivity index (χ1v) is 7.29. The van der Waals surface area contributed by atoms with Crippen molar-refractivity contribution < 1.29 is 14.0 Å². The molecular formula is C17H20N2O3. The van der Waals surface area contributed by atoms with E-state index in [0.717, 1.165) is 6.42 Å². The highest BCUT2D eigenvalue weighted by molar-refractivity contribution is 6.02. The van der Waals surface area contributed by atoms with Crippen LogP contribution in [-0.4, -0.2) is 18.4 Å². The predicted molar refractivity (Wildman–Crippen MR) is 84.9 cm³/mol. The normalized spacial score (nSPS) is 10.5. The van der Waals surface area contributed by atoms with Crippen molar-refractivity contribution in [2.24, 2.45) is 5.92 Å². The molecule has 1 heterocycles. The molecule has 0 unspecified atom stereocenters. The van der Waals surface area contributed by atoms with Gasteiger partial charge < -0.3 is 15.1 Å². The number of rotatable bonds is 6. The summed E-state index contributed by atoms with van der Waals surface area (Å²) in [5.74, 6) is 0.374. The average molecular weight is 300 g/mol. The van der Waals surface area contributed by atoms with Crippen LogP contribution in [0.3, 0.4) is 0 Å². The molecule has 2 amide bonds. The van der Waals surface area contributed by atoms with E-state index in [4.69, 9.17) is 4.42 Å². The molecule has 1 aromatic heterocycles. The van der Waals surface area contributed by atoms with Gasteiger partial charge in [0.05, 0.1) is 6.26 Å². The van der Waals surface area contributed by atoms with Crippen LogP contribution in [0.5, 0.6) is 0 Å². The van der Waals surface area contributed by atoms with Crippen LogP contribution in [-0.2, 0) is 0 Å². The van der Waals surface area contributed by atoms with Crippen molar-refractivity contribution in [3.8, 4) is 0 Å². The third-order valence-corrected chi connectivity index (χ3v) is 3.16. The van der Waals surface area contributed by atoms with Gasteiger partial charge in [0.15, 0.2) is 5.76 Å². The highest BCUT2D eigenvalue weighted by Gasteiger charge is 2.09. The van der Waals surface area contributed by atoms with Gasteiger partial charge in [0.25, 0.3) is 11.8 Å². The Hall–Kier alpha value is -2.56. The average Bonchev–Trinajstić information content (AvgIpc) is 3.02. The molecule has 0 aliphatic carbocycles. The van der Waals surface area contributed by atoms with Gasteiger partial charge in [-0.25, -0.2) is 0 Å². The Morgan fingerprint density at radius 1 is 1.09 bits per heavy atom. The van der Waals surface area contributed by atoms with Gasteiger partial charge in [-0.3, -0.25) is 9.59 Å². The minimum absolute atomic E-state index is 0.107. The molecule has 0 saturated carbocycles. The van der Waals surface area contributed by atoms with Gasteiger partial charge in [0, 0.05) is 17.8 Å². The van der Waals surface area contributed by atoms with Gasteiger partial charge in [-0.15, -0.1) is 0 Å². The van der Waals surface area contributed by atoms with E-state index in [2.05, 4.69) is 24.5 Å². The molecule has 0 spiro atoms. The Labute approximate surface area is 129 Å². The molecule has 0 bridgehead atoms. The van der Waals surface area contributed by atoms with Gasteiger partial charge in [-0.1, -0.05) is 13.8 Å². The van der Waals surface area contributed by atoms with Crippen molar-refractivity contribution in [1.82, 2.24) is 5.32 Å². The molecular weight excluding hydrogens is 280 g/mol. The smallest absolute Gasteiger partial charge is 0.291 e. The molecule has 2 aromatic rings. The maximum Gasteiger partial charge on any atom is 0.291 e. The van der Waals surface area contributed by atoms with Crippen LogP contribution in [0.15, 0.2) is 47.1 Å². The van der Waals surface area contributed by atoms with E-state index < -0.39 is 0 Å². The Bertz CT molecular complexity index is 616. The fourth-order valence-electron chi connectivity index (χ4n) is 1.88. The molecule has 0 aliphatic heterocycles. The second-order valence-corrected chi connectivity index (χ2v) is 5.45. The lowest BCUT2D eigenvalue weighted by Crippen LogP contribution is -2.25. The quantitative estimate of drug-likeness (QED) is 0.859. The number of hydrogen-bond donors (Lipinski definition) is 2. The van der Waals surface area contributed by atoms with Gasteiger partial charge >= 0.3 is 0 Å². The lowest BCUT2D eigenvalue weighted by atomic mass is 10.1. The van der Waals surface area contributed by atoms with Crippen LogP contribution >= 0.6 is 0 Å². The molecule has 5 nitrogen and oxygen atoms in total. The molecule has 1 aromatic carbocycles. The lowest BCUT2D eigenvalue weighted by molar-refractivity contribution is 0.0951. The topological polar surface area (TPSA) is 71.3 Å². The zero-order chi connectivity index (χ0) is 15.9. The van der Waals surface area contributed by atoms with E-state index in [0.29, 0.717) is 23.7 Å². The summed E-state index contributed by atoms with van der Waals surface area (Å²) in [4.78, 5) is 23.7. The van der Waals surface area contributed by atoms with Crippen LogP contribution in [0, 0.1) is 5.92 Å². The van der Waals surface area contributed by atoms with Crippen molar-refractivity contribution in [2.45, 2.75) is 20.3 Å². The fourth-order valence-corrected chi connectivity index (χ4v) is 1.88. The van der Waals surface area contributed by atoms with Crippen molar-refractivity contribution in [1.29, 1.82) is 0 Å². The first-order valence-electron chi connectivity index (χ1n) is 7.29. The fraction of sp³-hybridized carbons (Fsp3) is 0.294. The van der Waals surface area contributed by atoms with Crippen LogP contribution in [0.1, 0.15) is 41.2 Å². The maximum absolute atomic E-state index is 11.9. The van der Waals surface area contributed by atoms with E-state index in [1.807, 2.05) is 0 Å². The molecule has 0 aliphatic rings. The molecule has 2 rings (SSSR count). The summed E-state index contributed by atoms with van der Waals surface area (Å²) < 4.78 is 5.02. The maximum atomic E-state index is 11.9. The number of benzene rings is 1. The van der Waals surface area contributed by atoms with Crippen LogP contribution in [0.2, 0.25) is 0 Å². The van der Waals surface area contributed by atoms with Gasteiger partial charge in [0.1, 0.15) is 0 Å². The monoisotopic (exact) mass is 300 g/mol. The Balaban J connectivity index is 1.90. The first kappa shape index (κ1) is 15.8. The second kappa shape index (κ2) is 7.45. The third kappa shape index (κ3) is 4.48. The number of carbonyl (C=O) groups is 2. The van der Waals surface area contributed by atoms with Gasteiger partial charge in [0.2, 0.25) is 0 Å². The summed E-state index contributed by atoms with van der Waals surface area (Å²) >= 11 is 0. The Morgan fingerprint density at radius 2 is 1.82 bits per heavy atom. The van der Waals surface area contributed by atoms with Crippen molar-refractivity contribution >= 4 is 17.5 Å². The summed E-state index contributed by atoms with van der Waals surface area (Å²) in [7, 11) is 0. The minimum atomic E-state index is -0.320. The molecule has 2 N–H and O–H groups in total. The predicted octanol–water partition coefficient (Wildman–Crippen LogP) is 3.31. The Morgan fingerprint density at radius 3 is 2.41 bits per heavy atom. The van der Waals surface area contributed by atoms with E-state index in [9.17, 15) is 9.59 Å². The van der Waals surface area contributed by atoms with E-state index in [1.54, 1.807) is 36.4 Å². The van der Waals surface area contributed by atoms with Gasteiger partial charge in [-0.2, -0.15) is 0 Å². The summed E-state index contributed by atoms with van der Waals surface area (Å²) in [6.07, 6.45) is 2.39. The second-order valence-electron chi connectivity index (χ2n) is 5.45. The van der Waals surface area contributed by atoms with Crippen molar-refractivity contribution in [3.05, 3.63) is 54.0 Å². The van der Waals surface area contributed by atoms with Crippen LogP contribution in [0.25, 0.3) is 0 Å². The molecule has 22 heavy (non-hydrogen) atoms. The number of furan rings is 1. The number of carbonyl (C=O) groups excluding carboxylic acids is 2. The minimum Gasteiger partial charge on any atom is -0.459 e. The third-order valence-electron chi connectivity index (χ3n) is 3.16. The number of nitrogens with one attached hydrogen (secondary N) is 2. The standard InChI is InChI=1S/C17H20N2O3/c1-12(2)9-10-18-16(20)13-5-7-14(8-6-13)19-17(21)15-4-3-11-22-15/h3-8,11-12H,9-10H2,1-2H3,(H,18,20)(H,19,21). The summed E-state index contributed by atoms with van der Waals surface area (Å²) in [6, 6.07) is 9.99. The van der Waals surface area contributed by atoms with Crippen LogP contribution < -0.4 is 10.6 Å². The van der Waals surface area contributed by atoms with E-state index in [1.165, 1.54) is 6.26 Å². The van der Waals surface area contributed by atoms with E-state index >= 15 is 0 Å². The highest BCUT2D eigenvalue weighted by Crippen LogP contribution is 2.12. The molecule has 0 radical (unpaired) electrons. The largest absolute Gasteiger partial charge is 0.459 e. The summed E-state index contributed by atoms with van der Waals surface area (Å²) in [5.41, 5.74) is 1.18. The molecule has 0 saturated heterocycles. The summed E-state index contributed by atoms with van der Waals surface area (Å²) in [6.45, 7) is 4.89. The lowest BCUT2D eigenvalue weighted by Gasteiger charge is -2.08. The van der Waals surface area contributed by atoms with E-state index in [-0.39, 0.29) is 17.6 Å². The summed E-state index contributed by atoms with van der Waals surface area (Å²) in [5, 5.41) is 5.58. The Kier molecular flexibility index (Phi) is 5.36.